The summed E-state index contributed by atoms with van der Waals surface area (Å²) in [5, 5.41) is 4.32. The molecule has 1 N–H and O–H groups in total. The van der Waals surface area contributed by atoms with Crippen molar-refractivity contribution in [1.82, 2.24) is 9.80 Å². The SMILES string of the molecule is [2H]c1c([2H])c2c(c([2H])c1C)Nc1sc(C)cc1C(N1CCN(C)CC1)=N2. The molecule has 1 aromatic carbocycles. The Morgan fingerprint density at radius 1 is 1.22 bits per heavy atom. The van der Waals surface area contributed by atoms with Gasteiger partial charge in [-0.2, -0.15) is 0 Å². The van der Waals surface area contributed by atoms with Gasteiger partial charge in [0.2, 0.25) is 0 Å². The van der Waals surface area contributed by atoms with Gasteiger partial charge in [0.25, 0.3) is 0 Å². The van der Waals surface area contributed by atoms with Gasteiger partial charge in [0, 0.05) is 31.1 Å². The zero-order valence-electron chi connectivity index (χ0n) is 16.7. The van der Waals surface area contributed by atoms with Gasteiger partial charge in [-0.05, 0) is 44.6 Å². The summed E-state index contributed by atoms with van der Waals surface area (Å²) in [7, 11) is 2.12. The third kappa shape index (κ3) is 2.75. The molecule has 0 atom stereocenters. The van der Waals surface area contributed by atoms with Crippen molar-refractivity contribution in [3.8, 4) is 0 Å². The van der Waals surface area contributed by atoms with Crippen LogP contribution in [0.1, 0.15) is 20.1 Å². The molecule has 0 aliphatic carbocycles. The standard InChI is InChI=1S/C18H22N4S/c1-12-4-5-15-16(10-12)20-18-14(11-13(2)23-18)17(19-15)22-8-6-21(3)7-9-22/h4-5,10-11,20H,6-9H2,1-3H3/i4D,5D,10D. The van der Waals surface area contributed by atoms with Crippen LogP contribution in [-0.2, 0) is 0 Å². The van der Waals surface area contributed by atoms with Crippen molar-refractivity contribution in [3.05, 3.63) is 40.2 Å². The van der Waals surface area contributed by atoms with Gasteiger partial charge in [-0.1, -0.05) is 6.04 Å². The summed E-state index contributed by atoms with van der Waals surface area (Å²) in [5.41, 5.74) is 2.47. The number of amidine groups is 1. The number of rotatable bonds is 0. The minimum Gasteiger partial charge on any atom is -0.353 e. The molecule has 1 aromatic heterocycles. The van der Waals surface area contributed by atoms with Gasteiger partial charge in [-0.15, -0.1) is 11.3 Å². The third-order valence-corrected chi connectivity index (χ3v) is 5.24. The molecule has 0 saturated carbocycles. The molecular weight excluding hydrogens is 304 g/mol. The highest BCUT2D eigenvalue weighted by Gasteiger charge is 2.25. The molecule has 0 radical (unpaired) electrons. The van der Waals surface area contributed by atoms with Crippen LogP contribution in [0.25, 0.3) is 0 Å². The van der Waals surface area contributed by atoms with E-state index >= 15 is 0 Å². The van der Waals surface area contributed by atoms with Crippen LogP contribution >= 0.6 is 11.3 Å². The second kappa shape index (κ2) is 5.65. The van der Waals surface area contributed by atoms with Crippen LogP contribution in [0.4, 0.5) is 16.4 Å². The molecule has 4 nitrogen and oxygen atoms in total. The van der Waals surface area contributed by atoms with Crippen molar-refractivity contribution >= 4 is 33.5 Å². The van der Waals surface area contributed by atoms with E-state index in [0.29, 0.717) is 16.9 Å². The normalized spacial score (nSPS) is 19.7. The molecule has 2 aliphatic rings. The number of aliphatic imine (C=N–C) groups is 1. The highest BCUT2D eigenvalue weighted by atomic mass is 32.1. The van der Waals surface area contributed by atoms with Crippen LogP contribution in [0.5, 0.6) is 0 Å². The number of nitrogens with zero attached hydrogens (tertiary/aromatic N) is 3. The highest BCUT2D eigenvalue weighted by Crippen LogP contribution is 2.39. The zero-order valence-corrected chi connectivity index (χ0v) is 14.5. The molecule has 5 heteroatoms. The summed E-state index contributed by atoms with van der Waals surface area (Å²) in [6.07, 6.45) is 0. The quantitative estimate of drug-likeness (QED) is 0.798. The Bertz CT molecular complexity index is 914. The fourth-order valence-electron chi connectivity index (χ4n) is 2.98. The molecule has 2 aromatic rings. The fraction of sp³-hybridized carbons (Fsp3) is 0.389. The molecule has 2 aliphatic heterocycles. The number of benzene rings is 1. The van der Waals surface area contributed by atoms with E-state index in [1.807, 2.05) is 0 Å². The molecule has 0 amide bonds. The van der Waals surface area contributed by atoms with E-state index in [0.717, 1.165) is 42.6 Å². The van der Waals surface area contributed by atoms with Gasteiger partial charge in [-0.3, -0.25) is 0 Å². The Hall–Kier alpha value is -1.85. The number of fused-ring (bicyclic) bond motifs is 2. The minimum atomic E-state index is 0.0819. The lowest BCUT2D eigenvalue weighted by Gasteiger charge is -2.34. The van der Waals surface area contributed by atoms with Crippen LogP contribution in [0.3, 0.4) is 0 Å². The second-order valence-electron chi connectivity index (χ2n) is 6.17. The molecule has 0 bridgehead atoms. The first kappa shape index (κ1) is 11.6. The minimum absolute atomic E-state index is 0.0819. The van der Waals surface area contributed by atoms with Crippen LogP contribution in [0.2, 0.25) is 0 Å². The Morgan fingerprint density at radius 2 is 2.00 bits per heavy atom. The number of nitrogens with one attached hydrogen (secondary N) is 1. The van der Waals surface area contributed by atoms with Crippen molar-refractivity contribution in [3.63, 3.8) is 0 Å². The monoisotopic (exact) mass is 329 g/mol. The van der Waals surface area contributed by atoms with E-state index in [1.54, 1.807) is 18.3 Å². The van der Waals surface area contributed by atoms with Crippen molar-refractivity contribution in [2.24, 2.45) is 4.99 Å². The fourth-order valence-corrected chi connectivity index (χ4v) is 3.89. The summed E-state index contributed by atoms with van der Waals surface area (Å²) < 4.78 is 25.0. The number of anilines is 2. The van der Waals surface area contributed by atoms with E-state index in [9.17, 15) is 0 Å². The smallest absolute Gasteiger partial charge is 0.139 e. The van der Waals surface area contributed by atoms with Crippen molar-refractivity contribution < 1.29 is 4.11 Å². The van der Waals surface area contributed by atoms with Crippen LogP contribution in [0.15, 0.2) is 29.2 Å². The van der Waals surface area contributed by atoms with Gasteiger partial charge < -0.3 is 15.1 Å². The zero-order chi connectivity index (χ0) is 18.6. The summed E-state index contributed by atoms with van der Waals surface area (Å²) in [6.45, 7) is 7.47. The number of hydrogen-bond donors (Lipinski definition) is 1. The molecule has 1 saturated heterocycles. The summed E-state index contributed by atoms with van der Waals surface area (Å²) in [5.74, 6) is 0.847. The van der Waals surface area contributed by atoms with Gasteiger partial charge in [0.15, 0.2) is 0 Å². The first-order valence-corrected chi connectivity index (χ1v) is 8.69. The average molecular weight is 329 g/mol. The number of likely N-dealkylation sites (N-methyl/N-ethyl adjacent to an activating group) is 1. The summed E-state index contributed by atoms with van der Waals surface area (Å²) >= 11 is 1.64. The first-order chi connectivity index (χ1) is 12.4. The molecule has 3 heterocycles. The maximum atomic E-state index is 8.44. The van der Waals surface area contributed by atoms with Gasteiger partial charge in [0.1, 0.15) is 10.8 Å². The van der Waals surface area contributed by atoms with Crippen LogP contribution in [-0.4, -0.2) is 48.9 Å². The summed E-state index contributed by atoms with van der Waals surface area (Å²) in [4.78, 5) is 10.6. The Kier molecular flexibility index (Phi) is 2.86. The maximum Gasteiger partial charge on any atom is 0.139 e. The topological polar surface area (TPSA) is 30.9 Å². The molecular formula is C18H22N4S. The molecule has 1 fully saturated rings. The molecule has 0 spiro atoms. The third-order valence-electron chi connectivity index (χ3n) is 4.27. The maximum absolute atomic E-state index is 8.44. The lowest BCUT2D eigenvalue weighted by molar-refractivity contribution is 0.216. The van der Waals surface area contributed by atoms with Gasteiger partial charge in [-0.25, -0.2) is 4.99 Å². The predicted octanol–water partition coefficient (Wildman–Crippen LogP) is 3.75. The van der Waals surface area contributed by atoms with E-state index < -0.39 is 0 Å². The number of thiophene rings is 1. The van der Waals surface area contributed by atoms with Gasteiger partial charge >= 0.3 is 0 Å². The largest absolute Gasteiger partial charge is 0.353 e. The second-order valence-corrected chi connectivity index (χ2v) is 7.43. The van der Waals surface area contributed by atoms with E-state index in [1.165, 1.54) is 4.88 Å². The van der Waals surface area contributed by atoms with Crippen LogP contribution in [0, 0.1) is 13.8 Å². The number of piperazine rings is 1. The summed E-state index contributed by atoms with van der Waals surface area (Å²) in [6, 6.07) is 2.54. The molecule has 120 valence electrons. The first-order valence-electron chi connectivity index (χ1n) is 9.37. The lowest BCUT2D eigenvalue weighted by Crippen LogP contribution is -2.47. The van der Waals surface area contributed by atoms with E-state index in [4.69, 9.17) is 9.10 Å². The molecule has 0 unspecified atom stereocenters. The van der Waals surface area contributed by atoms with Crippen molar-refractivity contribution in [2.45, 2.75) is 13.8 Å². The molecule has 23 heavy (non-hydrogen) atoms. The van der Waals surface area contributed by atoms with Crippen LogP contribution < -0.4 is 5.32 Å². The van der Waals surface area contributed by atoms with Gasteiger partial charge in [0.05, 0.1) is 21.1 Å². The Balaban J connectivity index is 1.93. The Labute approximate surface area is 145 Å². The predicted molar refractivity (Wildman–Crippen MR) is 98.8 cm³/mol. The molecule has 4 rings (SSSR count). The average Bonchev–Trinajstić information content (AvgIpc) is 2.91. The Morgan fingerprint density at radius 3 is 2.78 bits per heavy atom. The van der Waals surface area contributed by atoms with Crippen molar-refractivity contribution in [2.75, 3.05) is 38.5 Å². The van der Waals surface area contributed by atoms with E-state index in [-0.39, 0.29) is 18.1 Å². The van der Waals surface area contributed by atoms with Crippen molar-refractivity contribution in [1.29, 1.82) is 0 Å². The number of aryl methyl sites for hydroxylation is 1. The highest BCUT2D eigenvalue weighted by molar-refractivity contribution is 7.16. The lowest BCUT2D eigenvalue weighted by atomic mass is 10.2. The van der Waals surface area contributed by atoms with E-state index in [2.05, 4.69) is 35.2 Å². The number of hydrogen-bond acceptors (Lipinski definition) is 5.